The highest BCUT2D eigenvalue weighted by molar-refractivity contribution is 7.08. The van der Waals surface area contributed by atoms with Gasteiger partial charge in [-0.3, -0.25) is 14.5 Å². The van der Waals surface area contributed by atoms with Crippen molar-refractivity contribution in [3.05, 3.63) is 64.6 Å². The highest BCUT2D eigenvalue weighted by Crippen LogP contribution is 2.51. The van der Waals surface area contributed by atoms with E-state index in [4.69, 9.17) is 4.74 Å². The smallest absolute Gasteiger partial charge is 0.242 e. The topological polar surface area (TPSA) is 74.4 Å². The van der Waals surface area contributed by atoms with Gasteiger partial charge in [-0.2, -0.15) is 11.3 Å². The molecule has 2 aliphatic heterocycles. The molecule has 0 bridgehead atoms. The number of amides is 2. The van der Waals surface area contributed by atoms with Gasteiger partial charge >= 0.3 is 0 Å². The molecule has 0 aliphatic carbocycles. The third kappa shape index (κ3) is 3.24. The maximum atomic E-state index is 13.6. The zero-order valence-corrected chi connectivity index (χ0v) is 17.3. The molecule has 0 atom stereocenters. The summed E-state index contributed by atoms with van der Waals surface area (Å²) in [5.41, 5.74) is 3.99. The van der Waals surface area contributed by atoms with Gasteiger partial charge in [0.25, 0.3) is 0 Å². The van der Waals surface area contributed by atoms with Crippen molar-refractivity contribution in [2.75, 3.05) is 23.4 Å². The number of hydrogen-bond donors (Lipinski definition) is 2. The highest BCUT2D eigenvalue weighted by atomic mass is 32.1. The number of nitrogens with one attached hydrogen (secondary N) is 2. The highest BCUT2D eigenvalue weighted by Gasteiger charge is 2.52. The number of aromatic nitrogens is 1. The molecule has 1 saturated heterocycles. The van der Waals surface area contributed by atoms with E-state index in [0.29, 0.717) is 38.9 Å². The van der Waals surface area contributed by atoms with Crippen LogP contribution >= 0.6 is 11.3 Å². The van der Waals surface area contributed by atoms with Crippen LogP contribution in [0.5, 0.6) is 0 Å². The van der Waals surface area contributed by atoms with Gasteiger partial charge in [0.15, 0.2) is 0 Å². The number of rotatable bonds is 5. The maximum absolute atomic E-state index is 13.6. The normalized spacial score (nSPS) is 17.3. The zero-order chi connectivity index (χ0) is 20.6. The number of ether oxygens (including phenoxy) is 1. The van der Waals surface area contributed by atoms with E-state index in [2.05, 4.69) is 10.3 Å². The van der Waals surface area contributed by atoms with Crippen molar-refractivity contribution in [2.24, 2.45) is 0 Å². The van der Waals surface area contributed by atoms with Crippen LogP contribution in [0.15, 0.2) is 53.4 Å². The summed E-state index contributed by atoms with van der Waals surface area (Å²) in [5, 5.41) is 6.99. The van der Waals surface area contributed by atoms with Gasteiger partial charge in [-0.05, 0) is 66.6 Å². The average molecular weight is 422 g/mol. The number of H-pyrrole nitrogens is 1. The molecule has 2 N–H and O–H groups in total. The molecule has 1 aromatic carbocycles. The Morgan fingerprint density at radius 1 is 1.23 bits per heavy atom. The van der Waals surface area contributed by atoms with Gasteiger partial charge in [-0.25, -0.2) is 0 Å². The first-order valence-corrected chi connectivity index (χ1v) is 11.1. The molecule has 2 amide bonds. The van der Waals surface area contributed by atoms with Gasteiger partial charge in [0.1, 0.15) is 0 Å². The quantitative estimate of drug-likeness (QED) is 0.642. The number of carbonyl (C=O) groups is 2. The number of thiophene rings is 1. The van der Waals surface area contributed by atoms with Crippen molar-refractivity contribution >= 4 is 40.2 Å². The van der Waals surface area contributed by atoms with E-state index in [1.807, 2.05) is 58.3 Å². The van der Waals surface area contributed by atoms with Crippen molar-refractivity contribution in [3.63, 3.8) is 0 Å². The summed E-state index contributed by atoms with van der Waals surface area (Å²) in [6, 6.07) is 11.7. The van der Waals surface area contributed by atoms with E-state index in [1.165, 1.54) is 0 Å². The Kier molecular flexibility index (Phi) is 4.92. The molecule has 4 heterocycles. The number of carbonyl (C=O) groups excluding carboxylic acids is 2. The largest absolute Gasteiger partial charge is 0.381 e. The van der Waals surface area contributed by atoms with Crippen LogP contribution in [0.4, 0.5) is 17.1 Å². The molecular formula is C23H23N3O3S. The predicted molar refractivity (Wildman–Crippen MR) is 117 cm³/mol. The molecule has 1 spiro atoms. The van der Waals surface area contributed by atoms with E-state index in [1.54, 1.807) is 11.3 Å². The van der Waals surface area contributed by atoms with Gasteiger partial charge < -0.3 is 15.0 Å². The van der Waals surface area contributed by atoms with Crippen LogP contribution in [0.3, 0.4) is 0 Å². The minimum Gasteiger partial charge on any atom is -0.381 e. The standard InChI is InChI=1S/C23H23N3O3S/c27-21(6-4-16-2-1-10-24-16)25-17-3-5-20-19(14-17)23(8-11-29-12-9-23)22(28)26(20)18-7-13-30-15-18/h1-3,5,7,10,13-15,24H,4,6,8-9,11-12H2,(H,25,27). The van der Waals surface area contributed by atoms with Crippen molar-refractivity contribution in [1.29, 1.82) is 0 Å². The number of aromatic amines is 1. The zero-order valence-electron chi connectivity index (χ0n) is 16.5. The third-order valence-corrected chi connectivity index (χ3v) is 6.71. The minimum absolute atomic E-state index is 0.0374. The molecular weight excluding hydrogens is 398 g/mol. The number of nitrogens with zero attached hydrogens (tertiary/aromatic N) is 1. The summed E-state index contributed by atoms with van der Waals surface area (Å²) >= 11 is 1.58. The Hall–Kier alpha value is -2.90. The van der Waals surface area contributed by atoms with E-state index in [9.17, 15) is 9.59 Å². The minimum atomic E-state index is -0.583. The molecule has 3 aromatic rings. The van der Waals surface area contributed by atoms with Crippen LogP contribution in [0.25, 0.3) is 0 Å². The van der Waals surface area contributed by atoms with Gasteiger partial charge in [0.05, 0.1) is 16.8 Å². The van der Waals surface area contributed by atoms with Crippen LogP contribution in [0, 0.1) is 0 Å². The monoisotopic (exact) mass is 421 g/mol. The summed E-state index contributed by atoms with van der Waals surface area (Å²) in [5.74, 6) is 0.0685. The van der Waals surface area contributed by atoms with E-state index >= 15 is 0 Å². The first-order chi connectivity index (χ1) is 14.7. The lowest BCUT2D eigenvalue weighted by molar-refractivity contribution is -0.125. The first kappa shape index (κ1) is 19.1. The molecule has 0 radical (unpaired) electrons. The molecule has 2 aliphatic rings. The van der Waals surface area contributed by atoms with Gasteiger partial charge in [0, 0.05) is 42.6 Å². The molecule has 0 unspecified atom stereocenters. The molecule has 0 saturated carbocycles. The molecule has 6 nitrogen and oxygen atoms in total. The van der Waals surface area contributed by atoms with E-state index < -0.39 is 5.41 Å². The van der Waals surface area contributed by atoms with Gasteiger partial charge in [-0.15, -0.1) is 0 Å². The Bertz CT molecular complexity index is 1050. The lowest BCUT2D eigenvalue weighted by Crippen LogP contribution is -2.42. The fraction of sp³-hybridized carbons (Fsp3) is 0.304. The third-order valence-electron chi connectivity index (χ3n) is 6.04. The SMILES string of the molecule is O=C(CCc1ccc[nH]1)Nc1ccc2c(c1)C1(CCOCC1)C(=O)N2c1ccsc1. The number of anilines is 3. The molecule has 2 aromatic heterocycles. The lowest BCUT2D eigenvalue weighted by atomic mass is 9.75. The first-order valence-electron chi connectivity index (χ1n) is 10.2. The summed E-state index contributed by atoms with van der Waals surface area (Å²) in [7, 11) is 0. The average Bonchev–Trinajstić information content (AvgIpc) is 3.51. The summed E-state index contributed by atoms with van der Waals surface area (Å²) in [4.78, 5) is 31.0. The maximum Gasteiger partial charge on any atom is 0.242 e. The Morgan fingerprint density at radius 2 is 2.10 bits per heavy atom. The summed E-state index contributed by atoms with van der Waals surface area (Å²) in [6.45, 7) is 1.13. The van der Waals surface area contributed by atoms with Crippen LogP contribution in [0.2, 0.25) is 0 Å². The molecule has 30 heavy (non-hydrogen) atoms. The second-order valence-electron chi connectivity index (χ2n) is 7.79. The molecule has 7 heteroatoms. The second kappa shape index (κ2) is 7.74. The van der Waals surface area contributed by atoms with Crippen LogP contribution in [-0.4, -0.2) is 30.0 Å². The van der Waals surface area contributed by atoms with Gasteiger partial charge in [0.2, 0.25) is 11.8 Å². The van der Waals surface area contributed by atoms with Crippen molar-refractivity contribution in [2.45, 2.75) is 31.1 Å². The van der Waals surface area contributed by atoms with Crippen LogP contribution < -0.4 is 10.2 Å². The van der Waals surface area contributed by atoms with Crippen molar-refractivity contribution in [1.82, 2.24) is 4.98 Å². The lowest BCUT2D eigenvalue weighted by Gasteiger charge is -2.32. The Morgan fingerprint density at radius 3 is 2.83 bits per heavy atom. The fourth-order valence-corrected chi connectivity index (χ4v) is 5.09. The Labute approximate surface area is 178 Å². The van der Waals surface area contributed by atoms with Gasteiger partial charge in [-0.1, -0.05) is 0 Å². The van der Waals surface area contributed by atoms with E-state index in [-0.39, 0.29) is 11.8 Å². The summed E-state index contributed by atoms with van der Waals surface area (Å²) < 4.78 is 5.57. The number of aryl methyl sites for hydroxylation is 1. The number of hydrogen-bond acceptors (Lipinski definition) is 4. The molecule has 5 rings (SSSR count). The molecule has 154 valence electrons. The van der Waals surface area contributed by atoms with Crippen LogP contribution in [0.1, 0.15) is 30.5 Å². The number of fused-ring (bicyclic) bond motifs is 2. The van der Waals surface area contributed by atoms with Crippen molar-refractivity contribution < 1.29 is 14.3 Å². The van der Waals surface area contributed by atoms with Crippen molar-refractivity contribution in [3.8, 4) is 0 Å². The fourth-order valence-electron chi connectivity index (χ4n) is 4.47. The second-order valence-corrected chi connectivity index (χ2v) is 8.57. The number of benzene rings is 1. The Balaban J connectivity index is 1.43. The van der Waals surface area contributed by atoms with Crippen LogP contribution in [-0.2, 0) is 26.2 Å². The molecule has 1 fully saturated rings. The van der Waals surface area contributed by atoms with E-state index in [0.717, 1.165) is 28.3 Å². The predicted octanol–water partition coefficient (Wildman–Crippen LogP) is 4.37. The summed E-state index contributed by atoms with van der Waals surface area (Å²) in [6.07, 6.45) is 4.23.